The lowest BCUT2D eigenvalue weighted by atomic mass is 10.1. The van der Waals surface area contributed by atoms with Crippen molar-refractivity contribution in [1.82, 2.24) is 15.3 Å². The van der Waals surface area contributed by atoms with Crippen molar-refractivity contribution in [2.45, 2.75) is 19.4 Å². The van der Waals surface area contributed by atoms with Crippen LogP contribution in [0.15, 0.2) is 18.6 Å². The fraction of sp³-hybridized carbons (Fsp3) is 0.636. The van der Waals surface area contributed by atoms with Crippen LogP contribution in [-0.4, -0.2) is 29.7 Å². The standard InChI is InChI=1S/C11H17N3O.ClH/c1-9(11-7-13-4-5-14-11)15-8-10-2-3-12-6-10;/h4-5,7,9-10,12H,2-3,6,8H2,1H3;1H. The molecule has 5 heteroatoms. The van der Waals surface area contributed by atoms with E-state index in [0.717, 1.165) is 25.4 Å². The molecule has 2 atom stereocenters. The molecule has 0 amide bonds. The summed E-state index contributed by atoms with van der Waals surface area (Å²) in [6, 6.07) is 0. The van der Waals surface area contributed by atoms with Crippen molar-refractivity contribution < 1.29 is 4.74 Å². The van der Waals surface area contributed by atoms with Gasteiger partial charge in [0.05, 0.1) is 24.6 Å². The summed E-state index contributed by atoms with van der Waals surface area (Å²) in [4.78, 5) is 8.25. The molecule has 0 aromatic carbocycles. The zero-order valence-corrected chi connectivity index (χ0v) is 10.2. The Hall–Kier alpha value is -0.710. The number of nitrogens with one attached hydrogen (secondary N) is 1. The maximum absolute atomic E-state index is 5.77. The molecule has 2 unspecified atom stereocenters. The van der Waals surface area contributed by atoms with Crippen molar-refractivity contribution in [3.63, 3.8) is 0 Å². The monoisotopic (exact) mass is 243 g/mol. The number of halogens is 1. The Morgan fingerprint density at radius 2 is 2.44 bits per heavy atom. The van der Waals surface area contributed by atoms with Crippen LogP contribution in [0.4, 0.5) is 0 Å². The van der Waals surface area contributed by atoms with E-state index in [1.807, 2.05) is 6.92 Å². The maximum atomic E-state index is 5.77. The van der Waals surface area contributed by atoms with Gasteiger partial charge in [0, 0.05) is 18.9 Å². The summed E-state index contributed by atoms with van der Waals surface area (Å²) >= 11 is 0. The molecule has 4 nitrogen and oxygen atoms in total. The molecule has 1 fully saturated rings. The molecule has 1 saturated heterocycles. The minimum atomic E-state index is 0. The van der Waals surface area contributed by atoms with Crippen LogP contribution < -0.4 is 5.32 Å². The van der Waals surface area contributed by atoms with E-state index in [1.165, 1.54) is 6.42 Å². The number of hydrogen-bond donors (Lipinski definition) is 1. The number of hydrogen-bond acceptors (Lipinski definition) is 4. The second-order valence-electron chi connectivity index (χ2n) is 3.96. The molecule has 90 valence electrons. The summed E-state index contributed by atoms with van der Waals surface area (Å²) in [7, 11) is 0. The zero-order chi connectivity index (χ0) is 10.5. The van der Waals surface area contributed by atoms with E-state index in [1.54, 1.807) is 18.6 Å². The van der Waals surface area contributed by atoms with Gasteiger partial charge in [-0.05, 0) is 25.8 Å². The Morgan fingerprint density at radius 3 is 3.06 bits per heavy atom. The van der Waals surface area contributed by atoms with Gasteiger partial charge in [0.2, 0.25) is 0 Å². The number of rotatable bonds is 4. The minimum absolute atomic E-state index is 0. The Kier molecular flexibility index (Phi) is 5.66. The fourth-order valence-electron chi connectivity index (χ4n) is 1.74. The van der Waals surface area contributed by atoms with Gasteiger partial charge in [-0.3, -0.25) is 9.97 Å². The third kappa shape index (κ3) is 3.70. The van der Waals surface area contributed by atoms with Gasteiger partial charge in [0.25, 0.3) is 0 Å². The summed E-state index contributed by atoms with van der Waals surface area (Å²) in [5.41, 5.74) is 0.906. The predicted molar refractivity (Wildman–Crippen MR) is 64.6 cm³/mol. The molecular weight excluding hydrogens is 226 g/mol. The summed E-state index contributed by atoms with van der Waals surface area (Å²) < 4.78 is 5.77. The van der Waals surface area contributed by atoms with E-state index in [-0.39, 0.29) is 18.5 Å². The number of aromatic nitrogens is 2. The second kappa shape index (κ2) is 6.78. The first-order chi connectivity index (χ1) is 7.36. The highest BCUT2D eigenvalue weighted by atomic mass is 35.5. The quantitative estimate of drug-likeness (QED) is 0.873. The van der Waals surface area contributed by atoms with Crippen LogP contribution in [0.1, 0.15) is 25.1 Å². The van der Waals surface area contributed by atoms with Crippen molar-refractivity contribution in [2.75, 3.05) is 19.7 Å². The van der Waals surface area contributed by atoms with Crippen molar-refractivity contribution in [1.29, 1.82) is 0 Å². The second-order valence-corrected chi connectivity index (χ2v) is 3.96. The van der Waals surface area contributed by atoms with E-state index < -0.39 is 0 Å². The Labute approximate surface area is 102 Å². The van der Waals surface area contributed by atoms with E-state index >= 15 is 0 Å². The van der Waals surface area contributed by atoms with Gasteiger partial charge in [0.1, 0.15) is 0 Å². The van der Waals surface area contributed by atoms with Gasteiger partial charge < -0.3 is 10.1 Å². The highest BCUT2D eigenvalue weighted by Crippen LogP contribution is 2.16. The topological polar surface area (TPSA) is 47.0 Å². The zero-order valence-electron chi connectivity index (χ0n) is 9.43. The number of nitrogens with zero attached hydrogens (tertiary/aromatic N) is 2. The Balaban J connectivity index is 0.00000128. The molecular formula is C11H18ClN3O. The highest BCUT2D eigenvalue weighted by molar-refractivity contribution is 5.85. The largest absolute Gasteiger partial charge is 0.372 e. The lowest BCUT2D eigenvalue weighted by molar-refractivity contribution is 0.0408. The molecule has 1 aromatic heterocycles. The smallest absolute Gasteiger partial charge is 0.0982 e. The van der Waals surface area contributed by atoms with Gasteiger partial charge in [0.15, 0.2) is 0 Å². The van der Waals surface area contributed by atoms with Crippen molar-refractivity contribution >= 4 is 12.4 Å². The molecule has 0 aliphatic carbocycles. The third-order valence-corrected chi connectivity index (χ3v) is 2.74. The average molecular weight is 244 g/mol. The van der Waals surface area contributed by atoms with Crippen molar-refractivity contribution in [3.05, 3.63) is 24.3 Å². The van der Waals surface area contributed by atoms with Crippen LogP contribution >= 0.6 is 12.4 Å². The molecule has 1 N–H and O–H groups in total. The van der Waals surface area contributed by atoms with E-state index in [0.29, 0.717) is 5.92 Å². The van der Waals surface area contributed by atoms with E-state index in [4.69, 9.17) is 4.74 Å². The van der Waals surface area contributed by atoms with Gasteiger partial charge in [-0.1, -0.05) is 0 Å². The average Bonchev–Trinajstić information content (AvgIpc) is 2.80. The van der Waals surface area contributed by atoms with Gasteiger partial charge >= 0.3 is 0 Å². The molecule has 2 heterocycles. The Bertz CT molecular complexity index is 291. The van der Waals surface area contributed by atoms with E-state index in [2.05, 4.69) is 15.3 Å². The highest BCUT2D eigenvalue weighted by Gasteiger charge is 2.16. The van der Waals surface area contributed by atoms with Crippen LogP contribution in [0, 0.1) is 5.92 Å². The molecule has 2 rings (SSSR count). The summed E-state index contributed by atoms with van der Waals surface area (Å²) in [6.45, 7) is 5.03. The lowest BCUT2D eigenvalue weighted by Gasteiger charge is -2.14. The van der Waals surface area contributed by atoms with E-state index in [9.17, 15) is 0 Å². The molecule has 16 heavy (non-hydrogen) atoms. The summed E-state index contributed by atoms with van der Waals surface area (Å²) in [5.74, 6) is 0.657. The SMILES string of the molecule is CC(OCC1CCNC1)c1cnccn1.Cl. The van der Waals surface area contributed by atoms with Crippen LogP contribution in [-0.2, 0) is 4.74 Å². The minimum Gasteiger partial charge on any atom is -0.372 e. The first-order valence-corrected chi connectivity index (χ1v) is 5.44. The fourth-order valence-corrected chi connectivity index (χ4v) is 1.74. The predicted octanol–water partition coefficient (Wildman–Crippen LogP) is 1.59. The first-order valence-electron chi connectivity index (χ1n) is 5.44. The normalized spacial score (nSPS) is 21.4. The summed E-state index contributed by atoms with van der Waals surface area (Å²) in [6.07, 6.45) is 6.40. The Morgan fingerprint density at radius 1 is 1.56 bits per heavy atom. The summed E-state index contributed by atoms with van der Waals surface area (Å²) in [5, 5.41) is 3.33. The third-order valence-electron chi connectivity index (χ3n) is 2.74. The number of ether oxygens (including phenoxy) is 1. The van der Waals surface area contributed by atoms with Crippen LogP contribution in [0.2, 0.25) is 0 Å². The molecule has 1 aliphatic heterocycles. The van der Waals surface area contributed by atoms with Crippen molar-refractivity contribution in [2.24, 2.45) is 5.92 Å². The van der Waals surface area contributed by atoms with Gasteiger partial charge in [-0.15, -0.1) is 12.4 Å². The molecule has 1 aliphatic rings. The van der Waals surface area contributed by atoms with Gasteiger partial charge in [-0.25, -0.2) is 0 Å². The lowest BCUT2D eigenvalue weighted by Crippen LogP contribution is -2.15. The van der Waals surface area contributed by atoms with Crippen molar-refractivity contribution in [3.8, 4) is 0 Å². The maximum Gasteiger partial charge on any atom is 0.0982 e. The van der Waals surface area contributed by atoms with Gasteiger partial charge in [-0.2, -0.15) is 0 Å². The molecule has 0 bridgehead atoms. The van der Waals surface area contributed by atoms with Crippen LogP contribution in [0.25, 0.3) is 0 Å². The first kappa shape index (κ1) is 13.4. The molecule has 0 radical (unpaired) electrons. The molecule has 0 saturated carbocycles. The molecule has 1 aromatic rings. The molecule has 0 spiro atoms. The van der Waals surface area contributed by atoms with Crippen LogP contribution in [0.5, 0.6) is 0 Å². The van der Waals surface area contributed by atoms with Crippen LogP contribution in [0.3, 0.4) is 0 Å².